The topological polar surface area (TPSA) is 86.6 Å². The smallest absolute Gasteiger partial charge is 0.294 e. The number of benzene rings is 1. The van der Waals surface area contributed by atoms with Crippen molar-refractivity contribution >= 4 is 15.8 Å². The lowest BCUT2D eigenvalue weighted by Gasteiger charge is -2.13. The van der Waals surface area contributed by atoms with Crippen LogP contribution in [0.1, 0.15) is 17.5 Å². The number of aliphatic hydroxyl groups excluding tert-OH is 1. The number of hydrogen-bond acceptors (Lipinski definition) is 4. The van der Waals surface area contributed by atoms with E-state index in [0.29, 0.717) is 29.8 Å². The predicted octanol–water partition coefficient (Wildman–Crippen LogP) is 1.18. The van der Waals surface area contributed by atoms with E-state index >= 15 is 0 Å². The van der Waals surface area contributed by atoms with Gasteiger partial charge in [-0.05, 0) is 25.0 Å². The molecule has 0 bridgehead atoms. The first-order valence-electron chi connectivity index (χ1n) is 5.49. The molecule has 18 heavy (non-hydrogen) atoms. The minimum atomic E-state index is -4.22. The lowest BCUT2D eigenvalue weighted by molar-refractivity contribution is 0.289. The maximum Gasteiger partial charge on any atom is 0.294 e. The van der Waals surface area contributed by atoms with Crippen LogP contribution in [0.4, 0.5) is 0 Å². The third kappa shape index (κ3) is 3.56. The van der Waals surface area contributed by atoms with Gasteiger partial charge >= 0.3 is 0 Å². The highest BCUT2D eigenvalue weighted by atomic mass is 32.2. The second-order valence-corrected chi connectivity index (χ2v) is 5.28. The number of hydrogen-bond donors (Lipinski definition) is 3. The van der Waals surface area contributed by atoms with Gasteiger partial charge in [-0.15, -0.1) is 0 Å². The molecule has 0 fully saturated rings. The highest BCUT2D eigenvalue weighted by molar-refractivity contribution is 7.85. The van der Waals surface area contributed by atoms with E-state index in [0.717, 1.165) is 0 Å². The second-order valence-electron chi connectivity index (χ2n) is 3.89. The Morgan fingerprint density at radius 3 is 2.67 bits per heavy atom. The molecule has 0 aromatic heterocycles. The molecule has 0 atom stereocenters. The molecule has 5 nitrogen and oxygen atoms in total. The van der Waals surface area contributed by atoms with Crippen LogP contribution in [-0.4, -0.2) is 31.2 Å². The summed E-state index contributed by atoms with van der Waals surface area (Å²) >= 11 is 0. The Labute approximate surface area is 107 Å². The third-order valence-electron chi connectivity index (χ3n) is 2.56. The normalized spacial score (nSPS) is 11.3. The molecular weight excluding hydrogens is 254 g/mol. The van der Waals surface area contributed by atoms with Crippen molar-refractivity contribution in [1.29, 1.82) is 0 Å². The van der Waals surface area contributed by atoms with E-state index in [1.54, 1.807) is 19.1 Å². The average Bonchev–Trinajstić information content (AvgIpc) is 2.28. The highest BCUT2D eigenvalue weighted by Crippen LogP contribution is 2.22. The van der Waals surface area contributed by atoms with Crippen LogP contribution in [0.5, 0.6) is 0 Å². The predicted molar refractivity (Wildman–Crippen MR) is 69.7 cm³/mol. The van der Waals surface area contributed by atoms with Gasteiger partial charge in [0.15, 0.2) is 0 Å². The fourth-order valence-electron chi connectivity index (χ4n) is 1.63. The summed E-state index contributed by atoms with van der Waals surface area (Å²) in [5.74, 6) is 0. The Kier molecular flexibility index (Phi) is 4.89. The summed E-state index contributed by atoms with van der Waals surface area (Å²) in [7, 11) is -4.22. The third-order valence-corrected chi connectivity index (χ3v) is 3.56. The SMILES string of the molecule is C=C(NCCCO)c1cccc(S(=O)(=O)O)c1C. The molecule has 1 aromatic carbocycles. The molecule has 1 rings (SSSR count). The van der Waals surface area contributed by atoms with Crippen molar-refractivity contribution < 1.29 is 18.1 Å². The van der Waals surface area contributed by atoms with E-state index in [4.69, 9.17) is 9.66 Å². The van der Waals surface area contributed by atoms with Gasteiger partial charge in [-0.1, -0.05) is 18.7 Å². The van der Waals surface area contributed by atoms with Crippen molar-refractivity contribution in [3.05, 3.63) is 35.9 Å². The van der Waals surface area contributed by atoms with Gasteiger partial charge in [-0.25, -0.2) is 0 Å². The van der Waals surface area contributed by atoms with E-state index in [9.17, 15) is 8.42 Å². The summed E-state index contributed by atoms with van der Waals surface area (Å²) < 4.78 is 31.4. The van der Waals surface area contributed by atoms with Crippen LogP contribution in [0.25, 0.3) is 5.70 Å². The van der Waals surface area contributed by atoms with Gasteiger partial charge in [0.2, 0.25) is 0 Å². The summed E-state index contributed by atoms with van der Waals surface area (Å²) in [6.45, 7) is 6.04. The quantitative estimate of drug-likeness (QED) is 0.534. The summed E-state index contributed by atoms with van der Waals surface area (Å²) in [6.07, 6.45) is 0.579. The molecule has 0 radical (unpaired) electrons. The maximum atomic E-state index is 11.2. The van der Waals surface area contributed by atoms with Crippen molar-refractivity contribution in [3.63, 3.8) is 0 Å². The molecular formula is C12H17NO4S. The molecule has 0 aliphatic rings. The van der Waals surface area contributed by atoms with E-state index in [2.05, 4.69) is 11.9 Å². The zero-order valence-electron chi connectivity index (χ0n) is 10.2. The first kappa shape index (κ1) is 14.7. The molecule has 0 spiro atoms. The van der Waals surface area contributed by atoms with Crippen molar-refractivity contribution in [2.75, 3.05) is 13.2 Å². The fraction of sp³-hybridized carbons (Fsp3) is 0.333. The van der Waals surface area contributed by atoms with Gasteiger partial charge in [0, 0.05) is 24.4 Å². The summed E-state index contributed by atoms with van der Waals surface area (Å²) in [6, 6.07) is 4.61. The Morgan fingerprint density at radius 1 is 1.44 bits per heavy atom. The monoisotopic (exact) mass is 271 g/mol. The molecule has 0 aliphatic heterocycles. The molecule has 3 N–H and O–H groups in total. The van der Waals surface area contributed by atoms with Crippen LogP contribution >= 0.6 is 0 Å². The molecule has 100 valence electrons. The second kappa shape index (κ2) is 5.99. The van der Waals surface area contributed by atoms with Gasteiger partial charge in [0.25, 0.3) is 10.1 Å². The van der Waals surface area contributed by atoms with Crippen LogP contribution in [0, 0.1) is 6.92 Å². The summed E-state index contributed by atoms with van der Waals surface area (Å²) in [5.41, 5.74) is 1.64. The van der Waals surface area contributed by atoms with Crippen molar-refractivity contribution in [3.8, 4) is 0 Å². The van der Waals surface area contributed by atoms with Crippen molar-refractivity contribution in [2.24, 2.45) is 0 Å². The molecule has 1 aromatic rings. The molecule has 6 heteroatoms. The number of rotatable bonds is 6. The Balaban J connectivity index is 3.01. The number of aliphatic hydroxyl groups is 1. The Morgan fingerprint density at radius 2 is 2.11 bits per heavy atom. The molecule has 0 saturated heterocycles. The van der Waals surface area contributed by atoms with Crippen LogP contribution in [0.2, 0.25) is 0 Å². The standard InChI is InChI=1S/C12H17NO4S/c1-9-11(10(2)13-7-4-8-14)5-3-6-12(9)18(15,16)17/h3,5-6,13-14H,2,4,7-8H2,1H3,(H,15,16,17). The van der Waals surface area contributed by atoms with Gasteiger partial charge in [0.1, 0.15) is 0 Å². The Bertz CT molecular complexity index is 537. The van der Waals surface area contributed by atoms with Crippen LogP contribution < -0.4 is 5.32 Å². The van der Waals surface area contributed by atoms with Crippen LogP contribution in [0.15, 0.2) is 29.7 Å². The first-order chi connectivity index (χ1) is 8.38. The Hall–Kier alpha value is -1.37. The lowest BCUT2D eigenvalue weighted by Crippen LogP contribution is -2.15. The van der Waals surface area contributed by atoms with E-state index in [1.165, 1.54) is 6.07 Å². The zero-order chi connectivity index (χ0) is 13.8. The first-order valence-corrected chi connectivity index (χ1v) is 6.93. The van der Waals surface area contributed by atoms with Gasteiger partial charge in [0.05, 0.1) is 4.90 Å². The number of nitrogens with one attached hydrogen (secondary N) is 1. The molecule has 0 amide bonds. The maximum absolute atomic E-state index is 11.2. The minimum Gasteiger partial charge on any atom is -0.396 e. The summed E-state index contributed by atoms with van der Waals surface area (Å²) in [4.78, 5) is -0.120. The zero-order valence-corrected chi connectivity index (χ0v) is 11.0. The van der Waals surface area contributed by atoms with Gasteiger partial charge in [-0.2, -0.15) is 8.42 Å². The van der Waals surface area contributed by atoms with Crippen molar-refractivity contribution in [2.45, 2.75) is 18.2 Å². The highest BCUT2D eigenvalue weighted by Gasteiger charge is 2.15. The van der Waals surface area contributed by atoms with E-state index in [1.807, 2.05) is 0 Å². The lowest BCUT2D eigenvalue weighted by atomic mass is 10.1. The fourth-order valence-corrected chi connectivity index (χ4v) is 2.38. The molecule has 0 unspecified atom stereocenters. The molecule has 0 aliphatic carbocycles. The molecule has 0 saturated carbocycles. The van der Waals surface area contributed by atoms with E-state index in [-0.39, 0.29) is 11.5 Å². The molecule has 0 heterocycles. The average molecular weight is 271 g/mol. The van der Waals surface area contributed by atoms with Gasteiger partial charge < -0.3 is 10.4 Å². The van der Waals surface area contributed by atoms with Crippen LogP contribution in [-0.2, 0) is 10.1 Å². The van der Waals surface area contributed by atoms with E-state index < -0.39 is 10.1 Å². The van der Waals surface area contributed by atoms with Crippen LogP contribution in [0.3, 0.4) is 0 Å². The van der Waals surface area contributed by atoms with Crippen molar-refractivity contribution in [1.82, 2.24) is 5.32 Å². The minimum absolute atomic E-state index is 0.0737. The van der Waals surface area contributed by atoms with Gasteiger partial charge in [-0.3, -0.25) is 4.55 Å². The summed E-state index contributed by atoms with van der Waals surface area (Å²) in [5, 5.41) is 11.7. The largest absolute Gasteiger partial charge is 0.396 e.